The summed E-state index contributed by atoms with van der Waals surface area (Å²) in [5.41, 5.74) is 4.04. The minimum Gasteiger partial charge on any atom is -0.295 e. The zero-order valence-corrected chi connectivity index (χ0v) is 23.3. The van der Waals surface area contributed by atoms with E-state index in [0.717, 1.165) is 22.4 Å². The summed E-state index contributed by atoms with van der Waals surface area (Å²) >= 11 is 0. The zero-order valence-electron chi connectivity index (χ0n) is 20.8. The van der Waals surface area contributed by atoms with Gasteiger partial charge in [0.1, 0.15) is 15.9 Å². The van der Waals surface area contributed by atoms with Crippen LogP contribution in [0.15, 0.2) is 158 Å². The first-order chi connectivity index (χ1) is 18.4. The van der Waals surface area contributed by atoms with E-state index in [0.29, 0.717) is 0 Å². The van der Waals surface area contributed by atoms with Gasteiger partial charge in [-0.3, -0.25) is 4.98 Å². The van der Waals surface area contributed by atoms with E-state index in [9.17, 15) is 0 Å². The van der Waals surface area contributed by atoms with Gasteiger partial charge in [0.25, 0.3) is 0 Å². The first-order valence-corrected chi connectivity index (χ1v) is 13.8. The van der Waals surface area contributed by atoms with Crippen molar-refractivity contribution in [2.75, 3.05) is 0 Å². The van der Waals surface area contributed by atoms with Crippen molar-refractivity contribution in [2.24, 2.45) is 0 Å². The van der Waals surface area contributed by atoms with E-state index < -0.39 is 7.92 Å². The molecule has 0 saturated heterocycles. The van der Waals surface area contributed by atoms with Crippen LogP contribution < -0.4 is 15.9 Å². The molecule has 3 heteroatoms. The van der Waals surface area contributed by atoms with Crippen LogP contribution in [0.5, 0.6) is 0 Å². The Hall–Kier alpha value is -3.66. The molecule has 0 bridgehead atoms. The number of nitrogens with zero attached hydrogens (tertiary/aromatic N) is 1. The van der Waals surface area contributed by atoms with Gasteiger partial charge in [0.05, 0.1) is 7.92 Å². The second kappa shape index (κ2) is 14.3. The van der Waals surface area contributed by atoms with Crippen molar-refractivity contribution in [2.45, 2.75) is 0 Å². The number of pyridine rings is 1. The molecule has 0 amide bonds. The van der Waals surface area contributed by atoms with Gasteiger partial charge in [0.2, 0.25) is 0 Å². The summed E-state index contributed by atoms with van der Waals surface area (Å²) in [5, 5.41) is 4.31. The Morgan fingerprint density at radius 2 is 0.947 bits per heavy atom. The smallest absolute Gasteiger partial charge is 0.295 e. The Bertz CT molecular complexity index is 1340. The van der Waals surface area contributed by atoms with E-state index in [2.05, 4.69) is 108 Å². The van der Waals surface area contributed by atoms with Crippen LogP contribution in [0.1, 0.15) is 0 Å². The van der Waals surface area contributed by atoms with Crippen molar-refractivity contribution >= 4 is 23.8 Å². The third kappa shape index (κ3) is 7.22. The van der Waals surface area contributed by atoms with Crippen LogP contribution in [0, 0.1) is 12.1 Å². The standard InChI is InChI=1S/C18H15P.C17H11N.Pd/c1-4-10-16(11-5-1)19(17-12-6-2-7-13-17)18-14-8-3-9-15-18;1-2-7-14(8-3-1)15-9-6-10-16(13-15)17-11-4-5-12-18-17;/h1-15H;1-7,9-12H;/q;-2;+2/p+1. The minimum absolute atomic E-state index is 0. The van der Waals surface area contributed by atoms with Crippen LogP contribution in [-0.2, 0) is 20.4 Å². The molecule has 0 unspecified atom stereocenters. The normalized spacial score (nSPS) is 10.1. The molecule has 1 heterocycles. The molecule has 6 rings (SSSR count). The number of rotatable bonds is 5. The van der Waals surface area contributed by atoms with Crippen LogP contribution in [0.25, 0.3) is 22.4 Å². The molecule has 0 aliphatic heterocycles. The molecular formula is C35H27NPPd+. The molecule has 0 aliphatic carbocycles. The Morgan fingerprint density at radius 1 is 0.447 bits per heavy atom. The van der Waals surface area contributed by atoms with Crippen molar-refractivity contribution in [1.82, 2.24) is 4.98 Å². The van der Waals surface area contributed by atoms with Gasteiger partial charge >= 0.3 is 20.4 Å². The van der Waals surface area contributed by atoms with Crippen LogP contribution >= 0.6 is 7.92 Å². The predicted molar refractivity (Wildman–Crippen MR) is 159 cm³/mol. The van der Waals surface area contributed by atoms with Gasteiger partial charge in [0, 0.05) is 11.9 Å². The van der Waals surface area contributed by atoms with Gasteiger partial charge < -0.3 is 0 Å². The Kier molecular flexibility index (Phi) is 10.3. The Labute approximate surface area is 240 Å². The van der Waals surface area contributed by atoms with Crippen molar-refractivity contribution in [3.05, 3.63) is 170 Å². The summed E-state index contributed by atoms with van der Waals surface area (Å²) in [6.07, 6.45) is 1.80. The predicted octanol–water partition coefficient (Wildman–Crippen LogP) is 7.19. The molecule has 0 atom stereocenters. The van der Waals surface area contributed by atoms with Crippen molar-refractivity contribution in [3.8, 4) is 22.4 Å². The summed E-state index contributed by atoms with van der Waals surface area (Å²) in [5.74, 6) is 0. The summed E-state index contributed by atoms with van der Waals surface area (Å²) < 4.78 is 0. The minimum atomic E-state index is -0.877. The summed E-state index contributed by atoms with van der Waals surface area (Å²) in [7, 11) is -0.877. The molecule has 0 radical (unpaired) electrons. The third-order valence-corrected chi connectivity index (χ3v) is 8.65. The van der Waals surface area contributed by atoms with Crippen LogP contribution in [0.3, 0.4) is 0 Å². The molecule has 1 aromatic heterocycles. The molecular weight excluding hydrogens is 572 g/mol. The fourth-order valence-corrected chi connectivity index (χ4v) is 6.75. The molecule has 0 N–H and O–H groups in total. The fraction of sp³-hybridized carbons (Fsp3) is 0. The Balaban J connectivity index is 0.000000173. The Morgan fingerprint density at radius 3 is 1.45 bits per heavy atom. The van der Waals surface area contributed by atoms with E-state index >= 15 is 0 Å². The van der Waals surface area contributed by atoms with Crippen molar-refractivity contribution in [3.63, 3.8) is 0 Å². The summed E-state index contributed by atoms with van der Waals surface area (Å²) in [4.78, 5) is 4.34. The number of hydrogen-bond acceptors (Lipinski definition) is 1. The van der Waals surface area contributed by atoms with Crippen molar-refractivity contribution < 1.29 is 20.4 Å². The third-order valence-electron chi connectivity index (χ3n) is 5.92. The quantitative estimate of drug-likeness (QED) is 0.116. The molecule has 38 heavy (non-hydrogen) atoms. The SMILES string of the molecule is [Pd+2].[c-]1ccccc1-c1[c-]c(-c2ccccn2)ccc1.c1ccc([PH+](c2ccccc2)c2ccccc2)cc1. The van der Waals surface area contributed by atoms with Crippen LogP contribution in [0.4, 0.5) is 0 Å². The van der Waals surface area contributed by atoms with E-state index in [1.54, 1.807) is 6.20 Å². The number of aromatic nitrogens is 1. The van der Waals surface area contributed by atoms with Gasteiger partial charge in [-0.05, 0) is 42.5 Å². The first-order valence-electron chi connectivity index (χ1n) is 12.3. The average Bonchev–Trinajstić information content (AvgIpc) is 3.00. The van der Waals surface area contributed by atoms with E-state index in [-0.39, 0.29) is 20.4 Å². The maximum absolute atomic E-state index is 4.34. The largest absolute Gasteiger partial charge is 2.00 e. The van der Waals surface area contributed by atoms with Gasteiger partial charge in [-0.15, -0.1) is 23.8 Å². The van der Waals surface area contributed by atoms with Gasteiger partial charge in [0.15, 0.2) is 0 Å². The molecule has 1 nitrogen and oxygen atoms in total. The molecule has 0 saturated carbocycles. The summed E-state index contributed by atoms with van der Waals surface area (Å²) in [6.45, 7) is 0. The molecule has 186 valence electrons. The van der Waals surface area contributed by atoms with Crippen LogP contribution in [-0.4, -0.2) is 4.98 Å². The fourth-order valence-electron chi connectivity index (χ4n) is 4.17. The molecule has 5 aromatic carbocycles. The number of benzene rings is 5. The van der Waals surface area contributed by atoms with Gasteiger partial charge in [-0.2, -0.15) is 42.0 Å². The topological polar surface area (TPSA) is 12.9 Å². The summed E-state index contributed by atoms with van der Waals surface area (Å²) in [6, 6.07) is 59.0. The van der Waals surface area contributed by atoms with Crippen molar-refractivity contribution in [1.29, 1.82) is 0 Å². The molecule has 0 fully saturated rings. The monoisotopic (exact) mass is 598 g/mol. The second-order valence-electron chi connectivity index (χ2n) is 8.44. The number of hydrogen-bond donors (Lipinski definition) is 0. The first kappa shape index (κ1) is 27.4. The van der Waals surface area contributed by atoms with E-state index in [4.69, 9.17) is 0 Å². The molecule has 0 spiro atoms. The van der Waals surface area contributed by atoms with E-state index in [1.807, 2.05) is 60.7 Å². The molecule has 6 aromatic rings. The zero-order chi connectivity index (χ0) is 25.1. The molecule has 0 aliphatic rings. The maximum Gasteiger partial charge on any atom is 2.00 e. The average molecular weight is 599 g/mol. The van der Waals surface area contributed by atoms with E-state index in [1.165, 1.54) is 15.9 Å². The second-order valence-corrected chi connectivity index (χ2v) is 10.9. The maximum atomic E-state index is 4.34. The van der Waals surface area contributed by atoms with Gasteiger partial charge in [-0.1, -0.05) is 66.7 Å². The van der Waals surface area contributed by atoms with Gasteiger partial charge in [-0.25, -0.2) is 5.56 Å². The van der Waals surface area contributed by atoms with Crippen LogP contribution in [0.2, 0.25) is 0 Å².